The molecule has 1 aromatic heterocycles. The van der Waals surface area contributed by atoms with E-state index in [9.17, 15) is 4.79 Å². The van der Waals surface area contributed by atoms with Crippen LogP contribution in [0.15, 0.2) is 33.6 Å². The number of benzene rings is 1. The van der Waals surface area contributed by atoms with E-state index in [1.54, 1.807) is 14.2 Å². The van der Waals surface area contributed by atoms with Gasteiger partial charge in [0.05, 0.1) is 24.7 Å². The van der Waals surface area contributed by atoms with E-state index in [4.69, 9.17) is 31.8 Å². The van der Waals surface area contributed by atoms with Gasteiger partial charge in [-0.05, 0) is 74.2 Å². The van der Waals surface area contributed by atoms with Crippen LogP contribution in [0.25, 0.3) is 17.4 Å². The fourth-order valence-electron chi connectivity index (χ4n) is 5.60. The summed E-state index contributed by atoms with van der Waals surface area (Å²) in [7, 11) is 3.25. The summed E-state index contributed by atoms with van der Waals surface area (Å²) in [4.78, 5) is 15.9. The Labute approximate surface area is 209 Å². The summed E-state index contributed by atoms with van der Waals surface area (Å²) in [5.74, 6) is 4.07. The minimum atomic E-state index is 0.0114. The monoisotopic (exact) mass is 498 g/mol. The highest BCUT2D eigenvalue weighted by Gasteiger charge is 2.48. The first kappa shape index (κ1) is 23.5. The normalized spacial score (nSPS) is 25.1. The Kier molecular flexibility index (Phi) is 6.73. The van der Waals surface area contributed by atoms with E-state index in [1.807, 2.05) is 35.2 Å². The number of thiocarbonyl (C=S) groups is 1. The topological polar surface area (TPSA) is 77.9 Å². The van der Waals surface area contributed by atoms with E-state index >= 15 is 0 Å². The van der Waals surface area contributed by atoms with Gasteiger partial charge in [-0.3, -0.25) is 9.69 Å². The second-order valence-electron chi connectivity index (χ2n) is 9.25. The highest BCUT2D eigenvalue weighted by atomic mass is 32.2. The van der Waals surface area contributed by atoms with Gasteiger partial charge in [-0.25, -0.2) is 0 Å². The molecule has 0 spiro atoms. The Morgan fingerprint density at radius 3 is 2.76 bits per heavy atom. The Morgan fingerprint density at radius 2 is 2.09 bits per heavy atom. The molecule has 8 heteroatoms. The Morgan fingerprint density at radius 1 is 1.24 bits per heavy atom. The molecule has 3 atom stereocenters. The van der Waals surface area contributed by atoms with Crippen molar-refractivity contribution in [1.82, 2.24) is 4.90 Å². The molecule has 1 aliphatic heterocycles. The van der Waals surface area contributed by atoms with Crippen LogP contribution in [0.4, 0.5) is 0 Å². The second kappa shape index (κ2) is 9.76. The van der Waals surface area contributed by atoms with E-state index in [-0.39, 0.29) is 11.9 Å². The first-order valence-corrected chi connectivity index (χ1v) is 13.1. The molecule has 6 nitrogen and oxygen atoms in total. The van der Waals surface area contributed by atoms with Crippen LogP contribution in [0, 0.1) is 11.8 Å². The maximum Gasteiger partial charge on any atom is 0.266 e. The number of furan rings is 1. The average molecular weight is 499 g/mol. The summed E-state index contributed by atoms with van der Waals surface area (Å²) in [6.07, 6.45) is 8.25. The molecule has 3 aliphatic rings. The van der Waals surface area contributed by atoms with E-state index < -0.39 is 0 Å². The van der Waals surface area contributed by atoms with Gasteiger partial charge >= 0.3 is 0 Å². The number of fused-ring (bicyclic) bond motifs is 2. The molecule has 0 radical (unpaired) electrons. The molecule has 1 saturated heterocycles. The Balaban J connectivity index is 1.47. The van der Waals surface area contributed by atoms with Gasteiger partial charge in [-0.2, -0.15) is 0 Å². The molecular formula is C26H30N2O4S2. The van der Waals surface area contributed by atoms with E-state index in [0.29, 0.717) is 44.7 Å². The minimum absolute atomic E-state index is 0.0114. The minimum Gasteiger partial charge on any atom is -0.497 e. The molecule has 180 valence electrons. The van der Waals surface area contributed by atoms with Crippen molar-refractivity contribution in [3.8, 4) is 22.8 Å². The number of rotatable bonds is 8. The van der Waals surface area contributed by atoms with Gasteiger partial charge in [0.25, 0.3) is 5.91 Å². The lowest BCUT2D eigenvalue weighted by Crippen LogP contribution is -2.41. The van der Waals surface area contributed by atoms with Crippen molar-refractivity contribution < 1.29 is 18.7 Å². The van der Waals surface area contributed by atoms with E-state index in [0.717, 1.165) is 36.3 Å². The van der Waals surface area contributed by atoms with E-state index in [2.05, 4.69) is 0 Å². The maximum atomic E-state index is 13.4. The number of nitrogens with two attached hydrogens (primary N) is 1. The SMILES string of the molecule is COc1ccc(-c2cc(CCCN)c(/C=C3\SC(=S)N(C4CC5CCC4C5)C3=O)o2)c(OC)c1. The van der Waals surface area contributed by atoms with Crippen molar-refractivity contribution in [2.24, 2.45) is 17.6 Å². The lowest BCUT2D eigenvalue weighted by atomic mass is 9.94. The summed E-state index contributed by atoms with van der Waals surface area (Å²) >= 11 is 7.04. The van der Waals surface area contributed by atoms with Gasteiger partial charge in [-0.15, -0.1) is 0 Å². The lowest BCUT2D eigenvalue weighted by molar-refractivity contribution is -0.124. The van der Waals surface area contributed by atoms with Gasteiger partial charge in [0.15, 0.2) is 0 Å². The number of thioether (sulfide) groups is 1. The number of amides is 1. The molecule has 5 rings (SSSR count). The van der Waals surface area contributed by atoms with Crippen molar-refractivity contribution in [2.75, 3.05) is 20.8 Å². The average Bonchev–Trinajstić information content (AvgIpc) is 3.62. The molecule has 2 bridgehead atoms. The maximum absolute atomic E-state index is 13.4. The predicted octanol–water partition coefficient (Wildman–Crippen LogP) is 5.24. The van der Waals surface area contributed by atoms with Crippen molar-refractivity contribution in [3.05, 3.63) is 40.5 Å². The van der Waals surface area contributed by atoms with Gasteiger partial charge in [0, 0.05) is 18.2 Å². The van der Waals surface area contributed by atoms with Crippen LogP contribution in [-0.4, -0.2) is 41.9 Å². The zero-order valence-electron chi connectivity index (χ0n) is 19.5. The molecule has 1 aromatic carbocycles. The second-order valence-corrected chi connectivity index (χ2v) is 10.9. The van der Waals surface area contributed by atoms with Gasteiger partial charge < -0.3 is 19.6 Å². The molecule has 34 heavy (non-hydrogen) atoms. The van der Waals surface area contributed by atoms with E-state index in [1.165, 1.54) is 31.0 Å². The fraction of sp³-hybridized carbons (Fsp3) is 0.462. The number of carbonyl (C=O) groups excluding carboxylic acids is 1. The molecule has 2 aromatic rings. The largest absolute Gasteiger partial charge is 0.497 e. The molecular weight excluding hydrogens is 468 g/mol. The number of methoxy groups -OCH3 is 2. The molecule has 2 aliphatic carbocycles. The summed E-state index contributed by atoms with van der Waals surface area (Å²) in [5, 5.41) is 0. The van der Waals surface area contributed by atoms with Gasteiger partial charge in [-0.1, -0.05) is 30.4 Å². The third kappa shape index (κ3) is 4.27. The first-order chi connectivity index (χ1) is 16.5. The molecule has 3 fully saturated rings. The Hall–Kier alpha value is -2.29. The number of ether oxygens (including phenoxy) is 2. The van der Waals surface area contributed by atoms with Crippen LogP contribution < -0.4 is 15.2 Å². The fourth-order valence-corrected chi connectivity index (χ4v) is 6.94. The van der Waals surface area contributed by atoms with Gasteiger partial charge in [0.1, 0.15) is 27.3 Å². The number of hydrogen-bond donors (Lipinski definition) is 1. The van der Waals surface area contributed by atoms with Crippen LogP contribution in [-0.2, 0) is 11.2 Å². The number of carbonyl (C=O) groups is 1. The number of nitrogens with zero attached hydrogens (tertiary/aromatic N) is 1. The standard InChI is InChI=1S/C26H30N2O4S2/c1-30-18-7-8-19(22(13-18)31-2)23-12-17(4-3-9-27)21(32-23)14-24-25(29)28(26(33)34-24)20-11-15-5-6-16(20)10-15/h7-8,12-16,20H,3-6,9-11,27H2,1-2H3/b24-14-. The molecule has 2 saturated carbocycles. The molecule has 2 N–H and O–H groups in total. The summed E-state index contributed by atoms with van der Waals surface area (Å²) < 4.78 is 17.9. The summed E-state index contributed by atoms with van der Waals surface area (Å²) in [6.45, 7) is 0.582. The zero-order chi connectivity index (χ0) is 23.8. The van der Waals surface area contributed by atoms with Crippen LogP contribution in [0.3, 0.4) is 0 Å². The van der Waals surface area contributed by atoms with Crippen molar-refractivity contribution in [2.45, 2.75) is 44.6 Å². The third-order valence-electron chi connectivity index (χ3n) is 7.28. The summed E-state index contributed by atoms with van der Waals surface area (Å²) in [5.41, 5.74) is 7.62. The number of aryl methyl sites for hydroxylation is 1. The molecule has 2 heterocycles. The number of hydrogen-bond acceptors (Lipinski definition) is 7. The molecule has 1 amide bonds. The van der Waals surface area contributed by atoms with Crippen LogP contribution in [0.2, 0.25) is 0 Å². The molecule has 3 unspecified atom stereocenters. The Bertz CT molecular complexity index is 1140. The van der Waals surface area contributed by atoms with Crippen LogP contribution in [0.5, 0.6) is 11.5 Å². The summed E-state index contributed by atoms with van der Waals surface area (Å²) in [6, 6.07) is 7.89. The zero-order valence-corrected chi connectivity index (χ0v) is 21.2. The van der Waals surface area contributed by atoms with Crippen molar-refractivity contribution in [1.29, 1.82) is 0 Å². The third-order valence-corrected chi connectivity index (χ3v) is 8.61. The van der Waals surface area contributed by atoms with Crippen molar-refractivity contribution in [3.63, 3.8) is 0 Å². The first-order valence-electron chi connectivity index (χ1n) is 11.8. The van der Waals surface area contributed by atoms with Crippen molar-refractivity contribution >= 4 is 40.3 Å². The predicted molar refractivity (Wildman–Crippen MR) is 139 cm³/mol. The lowest BCUT2D eigenvalue weighted by Gasteiger charge is -2.30. The highest BCUT2D eigenvalue weighted by molar-refractivity contribution is 8.26. The van der Waals surface area contributed by atoms with Gasteiger partial charge in [0.2, 0.25) is 0 Å². The smallest absolute Gasteiger partial charge is 0.266 e. The van der Waals surface area contributed by atoms with Crippen LogP contribution >= 0.6 is 24.0 Å². The quantitative estimate of drug-likeness (QED) is 0.394. The van der Waals surface area contributed by atoms with Crippen LogP contribution in [0.1, 0.15) is 43.4 Å². The highest BCUT2D eigenvalue weighted by Crippen LogP contribution is 2.49.